The summed E-state index contributed by atoms with van der Waals surface area (Å²) in [4.78, 5) is 14.4. The molecule has 1 N–H and O–H groups in total. The highest BCUT2D eigenvalue weighted by Gasteiger charge is 2.38. The summed E-state index contributed by atoms with van der Waals surface area (Å²) in [6.07, 6.45) is 3.51. The average molecular weight is 315 g/mol. The zero-order chi connectivity index (χ0) is 13.3. The normalized spacial score (nSPS) is 20.8. The van der Waals surface area contributed by atoms with E-state index in [1.165, 1.54) is 6.42 Å². The van der Waals surface area contributed by atoms with Crippen LogP contribution in [0.4, 0.5) is 0 Å². The number of carbonyl (C=O) groups excluding carboxylic acids is 1. The minimum atomic E-state index is 0. The fourth-order valence-corrected chi connectivity index (χ4v) is 3.31. The van der Waals surface area contributed by atoms with E-state index in [2.05, 4.69) is 5.32 Å². The van der Waals surface area contributed by atoms with E-state index in [-0.39, 0.29) is 18.3 Å². The minimum Gasteiger partial charge on any atom is -0.339 e. The van der Waals surface area contributed by atoms with E-state index in [9.17, 15) is 4.79 Å². The van der Waals surface area contributed by atoms with Crippen LogP contribution in [0.1, 0.15) is 29.6 Å². The second-order valence-electron chi connectivity index (χ2n) is 5.73. The molecule has 2 aliphatic rings. The van der Waals surface area contributed by atoms with Crippen LogP contribution in [0.3, 0.4) is 0 Å². The van der Waals surface area contributed by atoms with Crippen LogP contribution in [0.25, 0.3) is 0 Å². The van der Waals surface area contributed by atoms with Gasteiger partial charge in [-0.3, -0.25) is 4.79 Å². The zero-order valence-electron chi connectivity index (χ0n) is 11.4. The predicted octanol–water partition coefficient (Wildman–Crippen LogP) is 2.98. The second kappa shape index (κ2) is 6.33. The summed E-state index contributed by atoms with van der Waals surface area (Å²) in [6, 6.07) is 7.18. The van der Waals surface area contributed by atoms with Gasteiger partial charge in [-0.25, -0.2) is 0 Å². The molecule has 2 saturated heterocycles. The standard InChI is InChI=1S/C15H19ClN2O.ClH/c16-13-3-1-12(2-4-13)14(19)18-9-6-15(7-10-18)5-8-17-11-15;/h1-4,17H,5-11H2;1H. The molecule has 0 unspecified atom stereocenters. The maximum atomic E-state index is 12.4. The molecule has 20 heavy (non-hydrogen) atoms. The van der Waals surface area contributed by atoms with Gasteiger partial charge in [0.2, 0.25) is 0 Å². The van der Waals surface area contributed by atoms with Crippen LogP contribution >= 0.6 is 24.0 Å². The Balaban J connectivity index is 0.00000147. The van der Waals surface area contributed by atoms with Crippen molar-refractivity contribution in [1.82, 2.24) is 10.2 Å². The third kappa shape index (κ3) is 3.11. The summed E-state index contributed by atoms with van der Waals surface area (Å²) in [5.74, 6) is 0.137. The molecule has 1 aromatic carbocycles. The van der Waals surface area contributed by atoms with Gasteiger partial charge < -0.3 is 10.2 Å². The summed E-state index contributed by atoms with van der Waals surface area (Å²) >= 11 is 5.85. The number of halogens is 2. The Morgan fingerprint density at radius 1 is 1.15 bits per heavy atom. The Morgan fingerprint density at radius 3 is 2.35 bits per heavy atom. The molecule has 2 fully saturated rings. The van der Waals surface area contributed by atoms with Crippen molar-refractivity contribution in [2.24, 2.45) is 5.41 Å². The molecule has 2 heterocycles. The lowest BCUT2D eigenvalue weighted by molar-refractivity contribution is 0.0607. The Labute approximate surface area is 131 Å². The lowest BCUT2D eigenvalue weighted by Gasteiger charge is -2.38. The fraction of sp³-hybridized carbons (Fsp3) is 0.533. The van der Waals surface area contributed by atoms with Gasteiger partial charge in [-0.2, -0.15) is 0 Å². The van der Waals surface area contributed by atoms with E-state index in [0.29, 0.717) is 10.4 Å². The lowest BCUT2D eigenvalue weighted by Crippen LogP contribution is -2.44. The van der Waals surface area contributed by atoms with E-state index < -0.39 is 0 Å². The van der Waals surface area contributed by atoms with Crippen LogP contribution in [0.5, 0.6) is 0 Å². The van der Waals surface area contributed by atoms with Crippen LogP contribution in [0.15, 0.2) is 24.3 Å². The van der Waals surface area contributed by atoms with Crippen molar-refractivity contribution in [3.05, 3.63) is 34.9 Å². The highest BCUT2D eigenvalue weighted by molar-refractivity contribution is 6.30. The Hall–Kier alpha value is -0.770. The summed E-state index contributed by atoms with van der Waals surface area (Å²) < 4.78 is 0. The van der Waals surface area contributed by atoms with Gasteiger partial charge in [0.1, 0.15) is 0 Å². The van der Waals surface area contributed by atoms with Gasteiger partial charge in [0.15, 0.2) is 0 Å². The first kappa shape index (κ1) is 15.6. The number of hydrogen-bond donors (Lipinski definition) is 1. The largest absolute Gasteiger partial charge is 0.339 e. The van der Waals surface area contributed by atoms with Crippen molar-refractivity contribution in [1.29, 1.82) is 0 Å². The number of hydrogen-bond acceptors (Lipinski definition) is 2. The van der Waals surface area contributed by atoms with Crippen molar-refractivity contribution in [3.8, 4) is 0 Å². The highest BCUT2D eigenvalue weighted by Crippen LogP contribution is 2.37. The summed E-state index contributed by atoms with van der Waals surface area (Å²) in [6.45, 7) is 4.01. The number of piperidine rings is 1. The minimum absolute atomic E-state index is 0. The number of benzene rings is 1. The number of carbonyl (C=O) groups is 1. The zero-order valence-corrected chi connectivity index (χ0v) is 13.0. The van der Waals surface area contributed by atoms with Crippen molar-refractivity contribution in [2.45, 2.75) is 19.3 Å². The van der Waals surface area contributed by atoms with Gasteiger partial charge in [-0.05, 0) is 55.5 Å². The van der Waals surface area contributed by atoms with Gasteiger partial charge in [0, 0.05) is 30.2 Å². The molecule has 0 bridgehead atoms. The van der Waals surface area contributed by atoms with Gasteiger partial charge >= 0.3 is 0 Å². The Morgan fingerprint density at radius 2 is 1.80 bits per heavy atom. The molecule has 5 heteroatoms. The first-order valence-corrected chi connectivity index (χ1v) is 7.32. The molecule has 2 aliphatic heterocycles. The van der Waals surface area contributed by atoms with Gasteiger partial charge in [-0.1, -0.05) is 11.6 Å². The van der Waals surface area contributed by atoms with Crippen molar-refractivity contribution >= 4 is 29.9 Å². The van der Waals surface area contributed by atoms with Gasteiger partial charge in [-0.15, -0.1) is 12.4 Å². The van der Waals surface area contributed by atoms with Crippen LogP contribution in [0.2, 0.25) is 5.02 Å². The molecule has 0 aromatic heterocycles. The summed E-state index contributed by atoms with van der Waals surface area (Å²) in [7, 11) is 0. The van der Waals surface area contributed by atoms with E-state index >= 15 is 0 Å². The van der Waals surface area contributed by atoms with Gasteiger partial charge in [0.05, 0.1) is 0 Å². The number of nitrogens with one attached hydrogen (secondary N) is 1. The van der Waals surface area contributed by atoms with Crippen LogP contribution in [0, 0.1) is 5.41 Å². The maximum absolute atomic E-state index is 12.4. The molecule has 0 radical (unpaired) electrons. The molecule has 3 rings (SSSR count). The summed E-state index contributed by atoms with van der Waals surface area (Å²) in [5, 5.41) is 4.12. The van der Waals surface area contributed by atoms with Crippen LogP contribution < -0.4 is 5.32 Å². The Kier molecular flexibility index (Phi) is 4.95. The molecule has 3 nitrogen and oxygen atoms in total. The number of rotatable bonds is 1. The maximum Gasteiger partial charge on any atom is 0.253 e. The third-order valence-electron chi connectivity index (χ3n) is 4.53. The summed E-state index contributed by atoms with van der Waals surface area (Å²) in [5.41, 5.74) is 1.20. The molecule has 110 valence electrons. The predicted molar refractivity (Wildman–Crippen MR) is 83.8 cm³/mol. The first-order valence-electron chi connectivity index (χ1n) is 6.94. The van der Waals surface area contributed by atoms with Crippen molar-refractivity contribution in [2.75, 3.05) is 26.2 Å². The number of amides is 1. The van der Waals surface area contributed by atoms with E-state index in [4.69, 9.17) is 11.6 Å². The van der Waals surface area contributed by atoms with E-state index in [0.717, 1.165) is 44.6 Å². The molecule has 0 atom stereocenters. The van der Waals surface area contributed by atoms with Crippen LogP contribution in [-0.2, 0) is 0 Å². The SMILES string of the molecule is Cl.O=C(c1ccc(Cl)cc1)N1CCC2(CCNC2)CC1. The molecular weight excluding hydrogens is 295 g/mol. The highest BCUT2D eigenvalue weighted by atomic mass is 35.5. The molecule has 0 aliphatic carbocycles. The second-order valence-corrected chi connectivity index (χ2v) is 6.16. The quantitative estimate of drug-likeness (QED) is 0.864. The van der Waals surface area contributed by atoms with Crippen molar-refractivity contribution < 1.29 is 4.79 Å². The van der Waals surface area contributed by atoms with Gasteiger partial charge in [0.25, 0.3) is 5.91 Å². The number of nitrogens with zero attached hydrogens (tertiary/aromatic N) is 1. The molecular formula is C15H20Cl2N2O. The lowest BCUT2D eigenvalue weighted by atomic mass is 9.78. The average Bonchev–Trinajstić information content (AvgIpc) is 2.88. The van der Waals surface area contributed by atoms with Crippen molar-refractivity contribution in [3.63, 3.8) is 0 Å². The third-order valence-corrected chi connectivity index (χ3v) is 4.79. The Bertz CT molecular complexity index is 459. The smallest absolute Gasteiger partial charge is 0.253 e. The molecule has 1 aromatic rings. The molecule has 0 saturated carbocycles. The van der Waals surface area contributed by atoms with E-state index in [1.807, 2.05) is 17.0 Å². The fourth-order valence-electron chi connectivity index (χ4n) is 3.18. The van der Waals surface area contributed by atoms with E-state index in [1.54, 1.807) is 12.1 Å². The van der Waals surface area contributed by atoms with Crippen LogP contribution in [-0.4, -0.2) is 37.0 Å². The molecule has 1 amide bonds. The number of likely N-dealkylation sites (tertiary alicyclic amines) is 1. The molecule has 1 spiro atoms. The first-order chi connectivity index (χ1) is 9.19. The monoisotopic (exact) mass is 314 g/mol. The topological polar surface area (TPSA) is 32.3 Å².